The normalized spacial score (nSPS) is 11.0. The highest BCUT2D eigenvalue weighted by molar-refractivity contribution is 5.86. The first kappa shape index (κ1) is 22.1. The molecule has 2 amide bonds. The first-order valence-electron chi connectivity index (χ1n) is 9.45. The molecule has 7 heteroatoms. The molecule has 0 saturated heterocycles. The minimum Gasteiger partial charge on any atom is -0.447 e. The summed E-state index contributed by atoms with van der Waals surface area (Å²) in [6, 6.07) is 14.9. The van der Waals surface area contributed by atoms with Crippen molar-refractivity contribution in [2.75, 3.05) is 22.6 Å². The van der Waals surface area contributed by atoms with E-state index in [1.165, 1.54) is 0 Å². The third kappa shape index (κ3) is 7.37. The van der Waals surface area contributed by atoms with Crippen molar-refractivity contribution in [1.82, 2.24) is 0 Å². The Hall–Kier alpha value is -3.22. The number of ether oxygens (including phenoxy) is 2. The molecule has 2 N–H and O–H groups in total. The molecule has 0 bridgehead atoms. The second kappa shape index (κ2) is 9.32. The first-order chi connectivity index (χ1) is 13.5. The average molecular weight is 399 g/mol. The predicted octanol–water partition coefficient (Wildman–Crippen LogP) is 5.76. The van der Waals surface area contributed by atoms with Crippen LogP contribution in [0.25, 0.3) is 0 Å². The van der Waals surface area contributed by atoms with E-state index < -0.39 is 17.8 Å². The van der Waals surface area contributed by atoms with Crippen molar-refractivity contribution < 1.29 is 19.1 Å². The van der Waals surface area contributed by atoms with E-state index in [1.54, 1.807) is 13.8 Å². The van der Waals surface area contributed by atoms with Gasteiger partial charge in [0.05, 0.1) is 6.10 Å². The fourth-order valence-electron chi connectivity index (χ4n) is 2.47. The van der Waals surface area contributed by atoms with Crippen molar-refractivity contribution in [3.63, 3.8) is 0 Å². The molecule has 0 unspecified atom stereocenters. The second-order valence-corrected chi connectivity index (χ2v) is 7.86. The van der Waals surface area contributed by atoms with Crippen LogP contribution in [0.15, 0.2) is 48.5 Å². The maximum absolute atomic E-state index is 11.9. The Bertz CT molecular complexity index is 825. The predicted molar refractivity (Wildman–Crippen MR) is 116 cm³/mol. The minimum atomic E-state index is -0.545. The molecule has 0 heterocycles. The summed E-state index contributed by atoms with van der Waals surface area (Å²) >= 11 is 0. The molecule has 156 valence electrons. The van der Waals surface area contributed by atoms with Crippen molar-refractivity contribution in [3.8, 4) is 0 Å². The van der Waals surface area contributed by atoms with Crippen molar-refractivity contribution in [2.45, 2.75) is 46.3 Å². The van der Waals surface area contributed by atoms with Crippen LogP contribution in [0, 0.1) is 0 Å². The number of anilines is 4. The van der Waals surface area contributed by atoms with Gasteiger partial charge >= 0.3 is 12.2 Å². The van der Waals surface area contributed by atoms with E-state index in [-0.39, 0.29) is 6.10 Å². The molecule has 0 radical (unpaired) electrons. The Kier molecular flexibility index (Phi) is 7.09. The van der Waals surface area contributed by atoms with Crippen LogP contribution in [0.5, 0.6) is 0 Å². The lowest BCUT2D eigenvalue weighted by Gasteiger charge is -2.21. The molecular weight excluding hydrogens is 370 g/mol. The van der Waals surface area contributed by atoms with Crippen LogP contribution in [-0.4, -0.2) is 30.9 Å². The Labute approximate surface area is 172 Å². The molecule has 0 aliphatic rings. The van der Waals surface area contributed by atoms with Crippen LogP contribution >= 0.6 is 0 Å². The molecule has 0 atom stereocenters. The van der Waals surface area contributed by atoms with Gasteiger partial charge in [0.1, 0.15) is 5.60 Å². The molecule has 7 nitrogen and oxygen atoms in total. The van der Waals surface area contributed by atoms with Gasteiger partial charge in [-0.25, -0.2) is 9.59 Å². The average Bonchev–Trinajstić information content (AvgIpc) is 2.60. The fourth-order valence-corrected chi connectivity index (χ4v) is 2.47. The number of nitrogens with zero attached hydrogens (tertiary/aromatic N) is 1. The van der Waals surface area contributed by atoms with Gasteiger partial charge in [-0.2, -0.15) is 0 Å². The third-order valence-electron chi connectivity index (χ3n) is 3.74. The standard InChI is InChI=1S/C22H29N3O4/c1-15(2)28-20(26)23-16-7-11-18(12-8-16)25(6)19-13-9-17(10-14-19)24-21(27)29-22(3,4)5/h7-15H,1-6H3,(H,23,26)(H,24,27). The number of carbonyl (C=O) groups excluding carboxylic acids is 2. The van der Waals surface area contributed by atoms with Gasteiger partial charge in [-0.3, -0.25) is 10.6 Å². The van der Waals surface area contributed by atoms with E-state index in [1.807, 2.05) is 81.2 Å². The lowest BCUT2D eigenvalue weighted by Crippen LogP contribution is -2.27. The molecule has 0 aliphatic carbocycles. The smallest absolute Gasteiger partial charge is 0.412 e. The van der Waals surface area contributed by atoms with E-state index in [4.69, 9.17) is 9.47 Å². The molecule has 2 rings (SSSR count). The monoisotopic (exact) mass is 399 g/mol. The highest BCUT2D eigenvalue weighted by Gasteiger charge is 2.16. The lowest BCUT2D eigenvalue weighted by molar-refractivity contribution is 0.0636. The number of hydrogen-bond donors (Lipinski definition) is 2. The van der Waals surface area contributed by atoms with Crippen LogP contribution in [0.2, 0.25) is 0 Å². The number of nitrogens with one attached hydrogen (secondary N) is 2. The number of amides is 2. The summed E-state index contributed by atoms with van der Waals surface area (Å²) in [6.45, 7) is 9.05. The zero-order chi connectivity index (χ0) is 21.6. The summed E-state index contributed by atoms with van der Waals surface area (Å²) in [4.78, 5) is 25.5. The number of benzene rings is 2. The Balaban J connectivity index is 1.98. The van der Waals surface area contributed by atoms with E-state index in [0.717, 1.165) is 11.4 Å². The molecule has 0 aromatic heterocycles. The number of carbonyl (C=O) groups is 2. The molecule has 0 aliphatic heterocycles. The topological polar surface area (TPSA) is 79.9 Å². The molecule has 0 spiro atoms. The fraction of sp³-hybridized carbons (Fsp3) is 0.364. The van der Waals surface area contributed by atoms with Gasteiger partial charge in [-0.05, 0) is 83.1 Å². The highest BCUT2D eigenvalue weighted by atomic mass is 16.6. The van der Waals surface area contributed by atoms with Gasteiger partial charge in [0.2, 0.25) is 0 Å². The van der Waals surface area contributed by atoms with Gasteiger partial charge in [-0.15, -0.1) is 0 Å². The molecule has 2 aromatic rings. The van der Waals surface area contributed by atoms with Gasteiger partial charge < -0.3 is 14.4 Å². The SMILES string of the molecule is CC(C)OC(=O)Nc1ccc(N(C)c2ccc(NC(=O)OC(C)(C)C)cc2)cc1. The maximum Gasteiger partial charge on any atom is 0.412 e. The molecule has 2 aromatic carbocycles. The summed E-state index contributed by atoms with van der Waals surface area (Å²) in [7, 11) is 1.94. The summed E-state index contributed by atoms with van der Waals surface area (Å²) < 4.78 is 10.3. The molecular formula is C22H29N3O4. The molecule has 0 fully saturated rings. The summed E-state index contributed by atoms with van der Waals surface area (Å²) in [5.41, 5.74) is 2.65. The highest BCUT2D eigenvalue weighted by Crippen LogP contribution is 2.26. The van der Waals surface area contributed by atoms with Crippen LogP contribution in [0.1, 0.15) is 34.6 Å². The minimum absolute atomic E-state index is 0.173. The van der Waals surface area contributed by atoms with Crippen molar-refractivity contribution >= 4 is 34.9 Å². The van der Waals surface area contributed by atoms with Crippen molar-refractivity contribution in [1.29, 1.82) is 0 Å². The second-order valence-electron chi connectivity index (χ2n) is 7.86. The maximum atomic E-state index is 11.9. The van der Waals surface area contributed by atoms with Crippen LogP contribution in [0.4, 0.5) is 32.3 Å². The van der Waals surface area contributed by atoms with Crippen molar-refractivity contribution in [2.24, 2.45) is 0 Å². The van der Waals surface area contributed by atoms with Gasteiger partial charge in [0.25, 0.3) is 0 Å². The van der Waals surface area contributed by atoms with Crippen LogP contribution in [0.3, 0.4) is 0 Å². The summed E-state index contributed by atoms with van der Waals surface area (Å²) in [5.74, 6) is 0. The number of rotatable bonds is 5. The molecule has 29 heavy (non-hydrogen) atoms. The largest absolute Gasteiger partial charge is 0.447 e. The Morgan fingerprint density at radius 3 is 1.62 bits per heavy atom. The van der Waals surface area contributed by atoms with E-state index in [9.17, 15) is 9.59 Å². The Morgan fingerprint density at radius 1 is 0.828 bits per heavy atom. The van der Waals surface area contributed by atoms with Crippen molar-refractivity contribution in [3.05, 3.63) is 48.5 Å². The third-order valence-corrected chi connectivity index (χ3v) is 3.74. The van der Waals surface area contributed by atoms with Gasteiger partial charge in [0.15, 0.2) is 0 Å². The molecule has 0 saturated carbocycles. The van der Waals surface area contributed by atoms with Gasteiger partial charge in [-0.1, -0.05) is 0 Å². The van der Waals surface area contributed by atoms with Gasteiger partial charge in [0, 0.05) is 29.8 Å². The first-order valence-corrected chi connectivity index (χ1v) is 9.45. The van der Waals surface area contributed by atoms with Crippen LogP contribution < -0.4 is 15.5 Å². The number of hydrogen-bond acceptors (Lipinski definition) is 5. The van der Waals surface area contributed by atoms with E-state index in [0.29, 0.717) is 11.4 Å². The lowest BCUT2D eigenvalue weighted by atomic mass is 10.2. The zero-order valence-corrected chi connectivity index (χ0v) is 17.8. The van der Waals surface area contributed by atoms with Crippen LogP contribution in [-0.2, 0) is 9.47 Å². The van der Waals surface area contributed by atoms with E-state index >= 15 is 0 Å². The Morgan fingerprint density at radius 2 is 1.24 bits per heavy atom. The zero-order valence-electron chi connectivity index (χ0n) is 17.8. The van der Waals surface area contributed by atoms with E-state index in [2.05, 4.69) is 10.6 Å². The summed E-state index contributed by atoms with van der Waals surface area (Å²) in [5, 5.41) is 5.40. The quantitative estimate of drug-likeness (QED) is 0.668. The summed E-state index contributed by atoms with van der Waals surface area (Å²) in [6.07, 6.45) is -1.14.